The third-order valence-corrected chi connectivity index (χ3v) is 2.96. The number of carbonyl (C=O) groups excluding carboxylic acids is 1. The molecule has 0 saturated heterocycles. The number of rotatable bonds is 3. The van der Waals surface area contributed by atoms with Gasteiger partial charge < -0.3 is 0 Å². The Labute approximate surface area is 104 Å². The van der Waals surface area contributed by atoms with E-state index < -0.39 is 11.7 Å². The fourth-order valence-corrected chi connectivity index (χ4v) is 1.87. The highest BCUT2D eigenvalue weighted by Gasteiger charge is 2.30. The van der Waals surface area contributed by atoms with E-state index in [1.807, 2.05) is 0 Å². The van der Waals surface area contributed by atoms with E-state index in [9.17, 15) is 18.0 Å². The van der Waals surface area contributed by atoms with Crippen molar-refractivity contribution in [1.29, 1.82) is 0 Å². The van der Waals surface area contributed by atoms with E-state index in [2.05, 4.69) is 9.59 Å². The lowest BCUT2D eigenvalue weighted by Crippen LogP contribution is -2.07. The van der Waals surface area contributed by atoms with Crippen molar-refractivity contribution in [2.75, 3.05) is 0 Å². The van der Waals surface area contributed by atoms with Crippen LogP contribution in [0.2, 0.25) is 0 Å². The minimum Gasteiger partial charge on any atom is -0.293 e. The van der Waals surface area contributed by atoms with Crippen molar-refractivity contribution >= 4 is 17.3 Å². The molecule has 18 heavy (non-hydrogen) atoms. The van der Waals surface area contributed by atoms with Crippen molar-refractivity contribution in [2.45, 2.75) is 12.6 Å². The van der Waals surface area contributed by atoms with Gasteiger partial charge in [-0.3, -0.25) is 4.79 Å². The average Bonchev–Trinajstić information content (AvgIpc) is 2.81. The van der Waals surface area contributed by atoms with Gasteiger partial charge >= 0.3 is 6.18 Å². The largest absolute Gasteiger partial charge is 0.416 e. The number of carbonyl (C=O) groups is 1. The summed E-state index contributed by atoms with van der Waals surface area (Å²) in [6.07, 6.45) is -3.18. The molecule has 0 amide bonds. The van der Waals surface area contributed by atoms with Gasteiger partial charge in [0.1, 0.15) is 4.88 Å². The van der Waals surface area contributed by atoms with Crippen LogP contribution in [0.15, 0.2) is 30.5 Å². The first-order valence-corrected chi connectivity index (χ1v) is 5.71. The van der Waals surface area contributed by atoms with Gasteiger partial charge in [-0.25, -0.2) is 0 Å². The molecular weight excluding hydrogens is 265 g/mol. The van der Waals surface area contributed by atoms with Crippen molar-refractivity contribution in [2.24, 2.45) is 0 Å². The highest BCUT2D eigenvalue weighted by Crippen LogP contribution is 2.29. The van der Waals surface area contributed by atoms with Gasteiger partial charge in [0.15, 0.2) is 5.78 Å². The van der Waals surface area contributed by atoms with E-state index in [1.54, 1.807) is 0 Å². The van der Waals surface area contributed by atoms with E-state index in [1.165, 1.54) is 18.3 Å². The zero-order valence-electron chi connectivity index (χ0n) is 8.94. The Morgan fingerprint density at radius 2 is 2.11 bits per heavy atom. The van der Waals surface area contributed by atoms with Crippen LogP contribution in [0.5, 0.6) is 0 Å². The highest BCUT2D eigenvalue weighted by atomic mass is 32.1. The van der Waals surface area contributed by atoms with Crippen LogP contribution in [0.4, 0.5) is 13.2 Å². The first-order valence-electron chi connectivity index (χ1n) is 4.93. The number of benzene rings is 1. The molecular formula is C11H7F3N2OS. The molecule has 1 aromatic heterocycles. The predicted molar refractivity (Wildman–Crippen MR) is 59.4 cm³/mol. The Morgan fingerprint density at radius 1 is 1.33 bits per heavy atom. The van der Waals surface area contributed by atoms with Crippen LogP contribution >= 0.6 is 11.5 Å². The number of Topliss-reactive ketones (excluding diaryl/α,β-unsaturated/α-hetero) is 1. The van der Waals surface area contributed by atoms with Crippen LogP contribution in [0.25, 0.3) is 0 Å². The molecule has 0 N–H and O–H groups in total. The van der Waals surface area contributed by atoms with E-state index in [-0.39, 0.29) is 12.2 Å². The van der Waals surface area contributed by atoms with Crippen molar-refractivity contribution in [3.63, 3.8) is 0 Å². The minimum absolute atomic E-state index is 0.0895. The Hall–Kier alpha value is -1.76. The van der Waals surface area contributed by atoms with Gasteiger partial charge in [0.2, 0.25) is 0 Å². The Kier molecular flexibility index (Phi) is 3.42. The summed E-state index contributed by atoms with van der Waals surface area (Å²) in [5.41, 5.74) is -0.432. The van der Waals surface area contributed by atoms with Gasteiger partial charge in [-0.1, -0.05) is 22.7 Å². The Morgan fingerprint density at radius 3 is 2.72 bits per heavy atom. The molecule has 2 rings (SSSR count). The van der Waals surface area contributed by atoms with E-state index in [0.717, 1.165) is 23.7 Å². The number of aromatic nitrogens is 2. The van der Waals surface area contributed by atoms with Crippen LogP contribution in [0, 0.1) is 0 Å². The van der Waals surface area contributed by atoms with Crippen molar-refractivity contribution in [3.8, 4) is 0 Å². The summed E-state index contributed by atoms with van der Waals surface area (Å²) in [6.45, 7) is 0. The number of nitrogens with zero attached hydrogens (tertiary/aromatic N) is 2. The molecule has 0 saturated carbocycles. The van der Waals surface area contributed by atoms with Crippen molar-refractivity contribution in [3.05, 3.63) is 46.5 Å². The zero-order chi connectivity index (χ0) is 13.2. The number of alkyl halides is 3. The second-order valence-electron chi connectivity index (χ2n) is 3.58. The smallest absolute Gasteiger partial charge is 0.293 e. The van der Waals surface area contributed by atoms with Crippen LogP contribution < -0.4 is 0 Å². The van der Waals surface area contributed by atoms with Crippen LogP contribution in [0.3, 0.4) is 0 Å². The normalized spacial score (nSPS) is 11.5. The summed E-state index contributed by atoms with van der Waals surface area (Å²) < 4.78 is 41.0. The Bertz CT molecular complexity index is 552. The standard InChI is InChI=1S/C11H7F3N2OS/c12-11(13,14)8-3-1-2-7(4-8)5-9(17)10-6-15-16-18-10/h1-4,6H,5H2. The second kappa shape index (κ2) is 4.85. The zero-order valence-corrected chi connectivity index (χ0v) is 9.76. The molecule has 0 radical (unpaired) electrons. The van der Waals surface area contributed by atoms with Crippen molar-refractivity contribution < 1.29 is 18.0 Å². The SMILES string of the molecule is O=C(Cc1cccc(C(F)(F)F)c1)c1cnns1. The molecule has 0 bridgehead atoms. The first kappa shape index (κ1) is 12.7. The molecule has 3 nitrogen and oxygen atoms in total. The Balaban J connectivity index is 2.18. The molecule has 0 unspecified atom stereocenters. The van der Waals surface area contributed by atoms with E-state index in [4.69, 9.17) is 0 Å². The lowest BCUT2D eigenvalue weighted by atomic mass is 10.1. The molecule has 0 aliphatic carbocycles. The molecule has 94 valence electrons. The summed E-state index contributed by atoms with van der Waals surface area (Å²) in [5, 5.41) is 3.51. The van der Waals surface area contributed by atoms with Gasteiger partial charge in [-0.05, 0) is 23.2 Å². The van der Waals surface area contributed by atoms with Gasteiger partial charge in [0, 0.05) is 6.42 Å². The van der Waals surface area contributed by atoms with E-state index >= 15 is 0 Å². The number of hydrogen-bond acceptors (Lipinski definition) is 4. The molecule has 0 fully saturated rings. The lowest BCUT2D eigenvalue weighted by Gasteiger charge is -2.07. The molecule has 0 aliphatic rings. The van der Waals surface area contributed by atoms with Crippen LogP contribution in [-0.4, -0.2) is 15.4 Å². The van der Waals surface area contributed by atoms with Crippen molar-refractivity contribution in [1.82, 2.24) is 9.59 Å². The topological polar surface area (TPSA) is 42.9 Å². The van der Waals surface area contributed by atoms with E-state index in [0.29, 0.717) is 10.4 Å². The van der Waals surface area contributed by atoms with Gasteiger partial charge in [-0.2, -0.15) is 13.2 Å². The van der Waals surface area contributed by atoms with Crippen LogP contribution in [0.1, 0.15) is 20.8 Å². The fourth-order valence-electron chi connectivity index (χ4n) is 1.42. The van der Waals surface area contributed by atoms with Gasteiger partial charge in [-0.15, -0.1) is 5.10 Å². The maximum Gasteiger partial charge on any atom is 0.416 e. The molecule has 2 aromatic rings. The maximum absolute atomic E-state index is 12.5. The summed E-state index contributed by atoms with van der Waals surface area (Å²) in [7, 11) is 0. The van der Waals surface area contributed by atoms with Gasteiger partial charge in [0.25, 0.3) is 0 Å². The average molecular weight is 272 g/mol. The highest BCUT2D eigenvalue weighted by molar-refractivity contribution is 7.07. The third kappa shape index (κ3) is 2.92. The number of halogens is 3. The maximum atomic E-state index is 12.5. The summed E-state index contributed by atoms with van der Waals surface area (Å²) in [5.74, 6) is -0.288. The van der Waals surface area contributed by atoms with Crippen LogP contribution in [-0.2, 0) is 12.6 Å². The molecule has 0 aliphatic heterocycles. The minimum atomic E-state index is -4.40. The predicted octanol–water partition coefficient (Wildman–Crippen LogP) is 2.98. The molecule has 0 atom stereocenters. The lowest BCUT2D eigenvalue weighted by molar-refractivity contribution is -0.137. The summed E-state index contributed by atoms with van der Waals surface area (Å²) >= 11 is 0.927. The quantitative estimate of drug-likeness (QED) is 0.807. The first-order chi connectivity index (χ1) is 8.47. The molecule has 1 aromatic carbocycles. The summed E-state index contributed by atoms with van der Waals surface area (Å²) in [6, 6.07) is 4.73. The number of hydrogen-bond donors (Lipinski definition) is 0. The van der Waals surface area contributed by atoms with Gasteiger partial charge in [0.05, 0.1) is 11.8 Å². The fraction of sp³-hybridized carbons (Fsp3) is 0.182. The molecule has 7 heteroatoms. The second-order valence-corrected chi connectivity index (χ2v) is 4.37. The molecule has 1 heterocycles. The molecule has 0 spiro atoms. The number of ketones is 1. The monoisotopic (exact) mass is 272 g/mol. The summed E-state index contributed by atoms with van der Waals surface area (Å²) in [4.78, 5) is 12.0. The third-order valence-electron chi connectivity index (χ3n) is 2.26.